The Morgan fingerprint density at radius 3 is 2.14 bits per heavy atom. The molecule has 1 aliphatic carbocycles. The third-order valence-electron chi connectivity index (χ3n) is 7.01. The molecule has 2 fully saturated rings. The fourth-order valence-corrected chi connectivity index (χ4v) is 4.56. The molecule has 0 bridgehead atoms. The van der Waals surface area contributed by atoms with E-state index in [1.165, 1.54) is 45.3 Å². The summed E-state index contributed by atoms with van der Waals surface area (Å²) in [4.78, 5) is 2.73. The van der Waals surface area contributed by atoms with Crippen LogP contribution >= 0.6 is 0 Å². The van der Waals surface area contributed by atoms with Gasteiger partial charge in [0.2, 0.25) is 0 Å². The van der Waals surface area contributed by atoms with E-state index >= 15 is 0 Å². The van der Waals surface area contributed by atoms with E-state index in [0.717, 1.165) is 11.8 Å². The highest BCUT2D eigenvalue weighted by Crippen LogP contribution is 2.45. The lowest BCUT2D eigenvalue weighted by molar-refractivity contribution is 0.0143. The number of hydrogen-bond acceptors (Lipinski definition) is 2. The van der Waals surface area contributed by atoms with Crippen LogP contribution in [0.15, 0.2) is 0 Å². The van der Waals surface area contributed by atoms with E-state index in [9.17, 15) is 0 Å². The Morgan fingerprint density at radius 1 is 1.05 bits per heavy atom. The van der Waals surface area contributed by atoms with Crippen LogP contribution < -0.4 is 5.73 Å². The zero-order valence-electron chi connectivity index (χ0n) is 15.3. The molecule has 2 N–H and O–H groups in total. The summed E-state index contributed by atoms with van der Waals surface area (Å²) in [5, 5.41) is 0. The molecule has 2 rings (SSSR count). The Bertz CT molecular complexity index is 334. The van der Waals surface area contributed by atoms with Gasteiger partial charge in [0, 0.05) is 12.6 Å². The molecule has 2 nitrogen and oxygen atoms in total. The Balaban J connectivity index is 1.89. The number of nitrogens with two attached hydrogens (primary N) is 1. The summed E-state index contributed by atoms with van der Waals surface area (Å²) < 4.78 is 0. The van der Waals surface area contributed by atoms with Crippen molar-refractivity contribution in [3.8, 4) is 0 Å². The molecule has 3 unspecified atom stereocenters. The van der Waals surface area contributed by atoms with E-state index in [-0.39, 0.29) is 0 Å². The fraction of sp³-hybridized carbons (Fsp3) is 1.00. The SMILES string of the molecule is CC1C(N)CCC(CN2CCC(C(C)(C)C)CC2)C1(C)C. The maximum Gasteiger partial charge on any atom is 0.00698 e. The lowest BCUT2D eigenvalue weighted by Crippen LogP contribution is -2.51. The lowest BCUT2D eigenvalue weighted by atomic mass is 9.61. The van der Waals surface area contributed by atoms with Crippen molar-refractivity contribution in [3.05, 3.63) is 0 Å². The van der Waals surface area contributed by atoms with Gasteiger partial charge >= 0.3 is 0 Å². The van der Waals surface area contributed by atoms with Gasteiger partial charge in [0.15, 0.2) is 0 Å². The minimum absolute atomic E-state index is 0.387. The molecule has 0 spiro atoms. The Kier molecular flexibility index (Phi) is 5.10. The average Bonchev–Trinajstić information content (AvgIpc) is 2.40. The van der Waals surface area contributed by atoms with Gasteiger partial charge in [-0.3, -0.25) is 0 Å². The molecule has 0 aromatic carbocycles. The first-order chi connectivity index (χ1) is 9.62. The largest absolute Gasteiger partial charge is 0.327 e. The molecule has 21 heavy (non-hydrogen) atoms. The molecule has 1 saturated carbocycles. The zero-order valence-corrected chi connectivity index (χ0v) is 15.3. The van der Waals surface area contributed by atoms with Crippen molar-refractivity contribution in [1.82, 2.24) is 4.90 Å². The molecule has 2 heteroatoms. The van der Waals surface area contributed by atoms with Gasteiger partial charge in [0.25, 0.3) is 0 Å². The molecule has 124 valence electrons. The lowest BCUT2D eigenvalue weighted by Gasteiger charge is -2.49. The smallest absolute Gasteiger partial charge is 0.00698 e. The van der Waals surface area contributed by atoms with Crippen molar-refractivity contribution in [2.45, 2.75) is 73.3 Å². The first-order valence-corrected chi connectivity index (χ1v) is 9.10. The van der Waals surface area contributed by atoms with Crippen LogP contribution in [0.1, 0.15) is 67.2 Å². The van der Waals surface area contributed by atoms with Crippen molar-refractivity contribution in [2.75, 3.05) is 19.6 Å². The maximum absolute atomic E-state index is 6.30. The van der Waals surface area contributed by atoms with Crippen molar-refractivity contribution in [1.29, 1.82) is 0 Å². The Labute approximate surface area is 132 Å². The summed E-state index contributed by atoms with van der Waals surface area (Å²) in [6.07, 6.45) is 5.29. The summed E-state index contributed by atoms with van der Waals surface area (Å²) in [5.74, 6) is 2.36. The Morgan fingerprint density at radius 2 is 1.62 bits per heavy atom. The summed E-state index contributed by atoms with van der Waals surface area (Å²) in [6, 6.07) is 0.405. The molecule has 0 amide bonds. The van der Waals surface area contributed by atoms with Gasteiger partial charge in [-0.1, -0.05) is 41.5 Å². The molecule has 2 aliphatic rings. The maximum atomic E-state index is 6.30. The average molecular weight is 295 g/mol. The normalized spacial score (nSPS) is 35.9. The number of piperidine rings is 1. The summed E-state index contributed by atoms with van der Waals surface area (Å²) >= 11 is 0. The fourth-order valence-electron chi connectivity index (χ4n) is 4.56. The second kappa shape index (κ2) is 6.20. The van der Waals surface area contributed by atoms with Crippen LogP contribution in [0.4, 0.5) is 0 Å². The van der Waals surface area contributed by atoms with E-state index in [1.54, 1.807) is 0 Å². The van der Waals surface area contributed by atoms with Gasteiger partial charge in [-0.05, 0) is 67.4 Å². The predicted octanol–water partition coefficient (Wildman–Crippen LogP) is 4.14. The zero-order chi connectivity index (χ0) is 15.8. The highest BCUT2D eigenvalue weighted by atomic mass is 15.1. The molecule has 1 aliphatic heterocycles. The minimum atomic E-state index is 0.387. The highest BCUT2D eigenvalue weighted by molar-refractivity contribution is 4.95. The van der Waals surface area contributed by atoms with Crippen molar-refractivity contribution in [3.63, 3.8) is 0 Å². The number of likely N-dealkylation sites (tertiary alicyclic amines) is 1. The molecule has 1 saturated heterocycles. The van der Waals surface area contributed by atoms with Gasteiger partial charge in [-0.25, -0.2) is 0 Å². The Hall–Kier alpha value is -0.0800. The summed E-state index contributed by atoms with van der Waals surface area (Å²) in [7, 11) is 0. The molecular formula is C19H38N2. The van der Waals surface area contributed by atoms with E-state index in [0.29, 0.717) is 22.8 Å². The van der Waals surface area contributed by atoms with Gasteiger partial charge in [-0.15, -0.1) is 0 Å². The first kappa shape index (κ1) is 17.3. The summed E-state index contributed by atoms with van der Waals surface area (Å²) in [5.41, 5.74) is 7.17. The molecule has 0 aromatic heterocycles. The van der Waals surface area contributed by atoms with Crippen molar-refractivity contribution >= 4 is 0 Å². The van der Waals surface area contributed by atoms with Crippen LogP contribution in [-0.2, 0) is 0 Å². The topological polar surface area (TPSA) is 29.3 Å². The van der Waals surface area contributed by atoms with Crippen LogP contribution in [0.5, 0.6) is 0 Å². The van der Waals surface area contributed by atoms with E-state index < -0.39 is 0 Å². The highest BCUT2D eigenvalue weighted by Gasteiger charge is 2.42. The van der Waals surface area contributed by atoms with E-state index in [1.807, 2.05) is 0 Å². The van der Waals surface area contributed by atoms with Crippen molar-refractivity contribution < 1.29 is 0 Å². The standard InChI is InChI=1S/C19H38N2/c1-14-17(20)8-7-16(19(14,5)6)13-21-11-9-15(10-12-21)18(2,3)4/h14-17H,7-13,20H2,1-6H3. The number of hydrogen-bond donors (Lipinski definition) is 1. The van der Waals surface area contributed by atoms with Crippen LogP contribution in [0, 0.1) is 28.6 Å². The monoisotopic (exact) mass is 294 g/mol. The van der Waals surface area contributed by atoms with Gasteiger partial charge in [0.1, 0.15) is 0 Å². The predicted molar refractivity (Wildman–Crippen MR) is 92.3 cm³/mol. The van der Waals surface area contributed by atoms with Crippen LogP contribution in [0.2, 0.25) is 0 Å². The number of rotatable bonds is 2. The first-order valence-electron chi connectivity index (χ1n) is 9.10. The quantitative estimate of drug-likeness (QED) is 0.829. The number of nitrogens with zero attached hydrogens (tertiary/aromatic N) is 1. The van der Waals surface area contributed by atoms with E-state index in [4.69, 9.17) is 5.73 Å². The molecule has 1 heterocycles. The van der Waals surface area contributed by atoms with Crippen LogP contribution in [0.25, 0.3) is 0 Å². The van der Waals surface area contributed by atoms with Crippen molar-refractivity contribution in [2.24, 2.45) is 34.3 Å². The summed E-state index contributed by atoms with van der Waals surface area (Å²) in [6.45, 7) is 18.4. The second-order valence-corrected chi connectivity index (χ2v) is 9.49. The minimum Gasteiger partial charge on any atom is -0.327 e. The van der Waals surface area contributed by atoms with E-state index in [2.05, 4.69) is 46.4 Å². The molecule has 0 aromatic rings. The van der Waals surface area contributed by atoms with Crippen LogP contribution in [0.3, 0.4) is 0 Å². The van der Waals surface area contributed by atoms with Crippen LogP contribution in [-0.4, -0.2) is 30.6 Å². The molecular weight excluding hydrogens is 256 g/mol. The van der Waals surface area contributed by atoms with Gasteiger partial charge in [-0.2, -0.15) is 0 Å². The third-order valence-corrected chi connectivity index (χ3v) is 7.01. The molecule has 3 atom stereocenters. The van der Waals surface area contributed by atoms with Gasteiger partial charge in [0.05, 0.1) is 0 Å². The second-order valence-electron chi connectivity index (χ2n) is 9.49. The third kappa shape index (κ3) is 3.82. The molecule has 0 radical (unpaired) electrons. The van der Waals surface area contributed by atoms with Gasteiger partial charge < -0.3 is 10.6 Å².